The first-order valence-electron chi connectivity index (χ1n) is 2.74. The Bertz CT molecular complexity index is 307. The molecule has 0 aliphatic heterocycles. The molecule has 0 atom stereocenters. The van der Waals surface area contributed by atoms with Crippen molar-refractivity contribution < 1.29 is 0 Å². The average molecular weight is 186 g/mol. The van der Waals surface area contributed by atoms with Crippen LogP contribution in [0.2, 0.25) is 5.02 Å². The molecule has 11 heavy (non-hydrogen) atoms. The van der Waals surface area contributed by atoms with Gasteiger partial charge in [0.05, 0.1) is 11.2 Å². The highest BCUT2D eigenvalue weighted by Crippen LogP contribution is 2.21. The van der Waals surface area contributed by atoms with Gasteiger partial charge in [0.15, 0.2) is 0 Å². The molecule has 0 radical (unpaired) electrons. The molecule has 0 saturated heterocycles. The molecule has 1 aromatic rings. The van der Waals surface area contributed by atoms with Gasteiger partial charge in [0.2, 0.25) is 5.82 Å². The van der Waals surface area contributed by atoms with E-state index < -0.39 is 0 Å². The van der Waals surface area contributed by atoms with Gasteiger partial charge in [0, 0.05) is 0 Å². The van der Waals surface area contributed by atoms with Gasteiger partial charge < -0.3 is 0 Å². The van der Waals surface area contributed by atoms with Gasteiger partial charge in [-0.3, -0.25) is 0 Å². The quantitative estimate of drug-likeness (QED) is 0.494. The predicted octanol–water partition coefficient (Wildman–Crippen LogP) is 1.72. The first-order valence-corrected chi connectivity index (χ1v) is 4.35. The Kier molecular flexibility index (Phi) is 2.69. The van der Waals surface area contributed by atoms with Crippen LogP contribution in [-0.2, 0) is 0 Å². The van der Waals surface area contributed by atoms with Crippen molar-refractivity contribution in [2.45, 2.75) is 5.03 Å². The number of halogens is 1. The van der Waals surface area contributed by atoms with E-state index in [2.05, 4.69) is 9.97 Å². The number of hydrogen-bond acceptors (Lipinski definition) is 4. The zero-order valence-electron chi connectivity index (χ0n) is 5.71. The first kappa shape index (κ1) is 8.31. The minimum absolute atomic E-state index is 0.152. The summed E-state index contributed by atoms with van der Waals surface area (Å²) in [6, 6.07) is 1.83. The Morgan fingerprint density at radius 2 is 2.45 bits per heavy atom. The van der Waals surface area contributed by atoms with E-state index in [4.69, 9.17) is 16.9 Å². The number of aromatic nitrogens is 2. The van der Waals surface area contributed by atoms with Crippen molar-refractivity contribution in [1.82, 2.24) is 9.97 Å². The Hall–Kier alpha value is -0.790. The lowest BCUT2D eigenvalue weighted by atomic mass is 10.6. The summed E-state index contributed by atoms with van der Waals surface area (Å²) in [5.74, 6) is 0.152. The van der Waals surface area contributed by atoms with Crippen LogP contribution in [-0.4, -0.2) is 16.2 Å². The molecule has 0 unspecified atom stereocenters. The molecule has 56 valence electrons. The first-order chi connectivity index (χ1) is 5.27. The summed E-state index contributed by atoms with van der Waals surface area (Å²) in [5, 5.41) is 9.54. The third-order valence-corrected chi connectivity index (χ3v) is 2.09. The van der Waals surface area contributed by atoms with E-state index in [1.54, 1.807) is 0 Å². The molecule has 0 saturated carbocycles. The van der Waals surface area contributed by atoms with Gasteiger partial charge in [-0.05, 0) is 6.26 Å². The van der Waals surface area contributed by atoms with E-state index in [0.29, 0.717) is 10.0 Å². The number of hydrogen-bond donors (Lipinski definition) is 0. The predicted molar refractivity (Wildman–Crippen MR) is 43.5 cm³/mol. The van der Waals surface area contributed by atoms with E-state index in [9.17, 15) is 0 Å². The third-order valence-electron chi connectivity index (χ3n) is 1.01. The molecule has 0 bridgehead atoms. The molecule has 3 nitrogen and oxygen atoms in total. The molecule has 0 aromatic carbocycles. The smallest absolute Gasteiger partial charge is 0.226 e. The SMILES string of the molecule is CSc1nc(C#N)ncc1Cl. The van der Waals surface area contributed by atoms with Gasteiger partial charge in [-0.1, -0.05) is 11.6 Å². The maximum atomic E-state index is 8.42. The van der Waals surface area contributed by atoms with Crippen molar-refractivity contribution in [2.24, 2.45) is 0 Å². The summed E-state index contributed by atoms with van der Waals surface area (Å²) in [7, 11) is 0. The van der Waals surface area contributed by atoms with Crippen LogP contribution in [0.1, 0.15) is 5.82 Å². The second kappa shape index (κ2) is 3.56. The van der Waals surface area contributed by atoms with E-state index in [0.717, 1.165) is 0 Å². The van der Waals surface area contributed by atoms with E-state index >= 15 is 0 Å². The van der Waals surface area contributed by atoms with Crippen molar-refractivity contribution in [3.8, 4) is 6.07 Å². The standard InChI is InChI=1S/C6H4ClN3S/c1-11-6-4(7)3-9-5(2-8)10-6/h3H,1H3. The molecule has 1 aromatic heterocycles. The van der Waals surface area contributed by atoms with Crippen LogP contribution in [0.5, 0.6) is 0 Å². The van der Waals surface area contributed by atoms with Gasteiger partial charge in [-0.25, -0.2) is 9.97 Å². The summed E-state index contributed by atoms with van der Waals surface area (Å²) in [5.41, 5.74) is 0. The molecular weight excluding hydrogens is 182 g/mol. The molecular formula is C6H4ClN3S. The van der Waals surface area contributed by atoms with Gasteiger partial charge in [0.1, 0.15) is 11.1 Å². The van der Waals surface area contributed by atoms with Crippen LogP contribution in [0.4, 0.5) is 0 Å². The highest BCUT2D eigenvalue weighted by atomic mass is 35.5. The zero-order chi connectivity index (χ0) is 8.27. The Balaban J connectivity index is 3.15. The normalized spacial score (nSPS) is 9.18. The number of nitrogens with zero attached hydrogens (tertiary/aromatic N) is 3. The van der Waals surface area contributed by atoms with Gasteiger partial charge in [-0.2, -0.15) is 5.26 Å². The molecule has 5 heteroatoms. The molecule has 0 aliphatic carbocycles. The van der Waals surface area contributed by atoms with Crippen LogP contribution in [0.25, 0.3) is 0 Å². The van der Waals surface area contributed by atoms with Crippen molar-refractivity contribution in [2.75, 3.05) is 6.26 Å². The number of nitriles is 1. The van der Waals surface area contributed by atoms with E-state index in [1.807, 2.05) is 12.3 Å². The largest absolute Gasteiger partial charge is 0.233 e. The maximum Gasteiger partial charge on any atom is 0.233 e. The molecule has 0 N–H and O–H groups in total. The van der Waals surface area contributed by atoms with E-state index in [1.165, 1.54) is 18.0 Å². The lowest BCUT2D eigenvalue weighted by Gasteiger charge is -1.96. The highest BCUT2D eigenvalue weighted by molar-refractivity contribution is 7.98. The Morgan fingerprint density at radius 3 is 3.00 bits per heavy atom. The monoisotopic (exact) mass is 185 g/mol. The number of rotatable bonds is 1. The molecule has 1 rings (SSSR count). The van der Waals surface area contributed by atoms with Crippen molar-refractivity contribution in [3.63, 3.8) is 0 Å². The Morgan fingerprint density at radius 1 is 1.73 bits per heavy atom. The van der Waals surface area contributed by atoms with Crippen molar-refractivity contribution in [1.29, 1.82) is 5.26 Å². The maximum absolute atomic E-state index is 8.42. The summed E-state index contributed by atoms with van der Waals surface area (Å²) in [6.45, 7) is 0. The lowest BCUT2D eigenvalue weighted by molar-refractivity contribution is 1.01. The van der Waals surface area contributed by atoms with Crippen LogP contribution in [0.15, 0.2) is 11.2 Å². The topological polar surface area (TPSA) is 49.6 Å². The highest BCUT2D eigenvalue weighted by Gasteiger charge is 2.02. The molecule has 0 aliphatic rings. The second-order valence-electron chi connectivity index (χ2n) is 1.66. The van der Waals surface area contributed by atoms with Crippen molar-refractivity contribution >= 4 is 23.4 Å². The summed E-state index contributed by atoms with van der Waals surface area (Å²) >= 11 is 7.09. The van der Waals surface area contributed by atoms with Crippen LogP contribution in [0.3, 0.4) is 0 Å². The fraction of sp³-hybridized carbons (Fsp3) is 0.167. The zero-order valence-corrected chi connectivity index (χ0v) is 7.28. The van der Waals surface area contributed by atoms with Crippen LogP contribution >= 0.6 is 23.4 Å². The van der Waals surface area contributed by atoms with Gasteiger partial charge in [-0.15, -0.1) is 11.8 Å². The second-order valence-corrected chi connectivity index (χ2v) is 2.86. The molecule has 0 fully saturated rings. The summed E-state index contributed by atoms with van der Waals surface area (Å²) in [6.07, 6.45) is 3.27. The fourth-order valence-electron chi connectivity index (χ4n) is 0.549. The number of thioether (sulfide) groups is 1. The summed E-state index contributed by atoms with van der Waals surface area (Å²) in [4.78, 5) is 7.56. The van der Waals surface area contributed by atoms with Crippen LogP contribution < -0.4 is 0 Å². The van der Waals surface area contributed by atoms with Gasteiger partial charge in [0.25, 0.3) is 0 Å². The average Bonchev–Trinajstić information content (AvgIpc) is 2.05. The Labute approximate surface area is 73.4 Å². The minimum atomic E-state index is 0.152. The molecule has 0 spiro atoms. The molecule has 0 amide bonds. The lowest BCUT2D eigenvalue weighted by Crippen LogP contribution is -1.90. The van der Waals surface area contributed by atoms with Gasteiger partial charge >= 0.3 is 0 Å². The van der Waals surface area contributed by atoms with Crippen LogP contribution in [0, 0.1) is 11.3 Å². The molecule has 1 heterocycles. The fourth-order valence-corrected chi connectivity index (χ4v) is 1.30. The van der Waals surface area contributed by atoms with Crippen molar-refractivity contribution in [3.05, 3.63) is 17.0 Å². The minimum Gasteiger partial charge on any atom is -0.226 e. The summed E-state index contributed by atoms with van der Waals surface area (Å²) < 4.78 is 0. The third kappa shape index (κ3) is 1.82. The van der Waals surface area contributed by atoms with E-state index in [-0.39, 0.29) is 5.82 Å².